The lowest BCUT2D eigenvalue weighted by Crippen LogP contribution is -2.25. The highest BCUT2D eigenvalue weighted by Gasteiger charge is 2.13. The predicted octanol–water partition coefficient (Wildman–Crippen LogP) is 3.61. The van der Waals surface area contributed by atoms with Gasteiger partial charge < -0.3 is 4.42 Å². The third-order valence-electron chi connectivity index (χ3n) is 4.06. The van der Waals surface area contributed by atoms with Crippen LogP contribution in [0, 0.1) is 0 Å². The van der Waals surface area contributed by atoms with Crippen LogP contribution in [-0.2, 0) is 0 Å². The molecule has 0 saturated carbocycles. The second-order valence-corrected chi connectivity index (χ2v) is 6.86. The van der Waals surface area contributed by atoms with E-state index < -0.39 is 5.63 Å². The van der Waals surface area contributed by atoms with Crippen LogP contribution in [0.5, 0.6) is 0 Å². The summed E-state index contributed by atoms with van der Waals surface area (Å²) < 4.78 is 5.34. The first-order chi connectivity index (χ1) is 13.2. The van der Waals surface area contributed by atoms with E-state index in [1.807, 2.05) is 48.5 Å². The molecule has 2 heterocycles. The summed E-state index contributed by atoms with van der Waals surface area (Å²) in [6, 6.07) is 19.1. The molecule has 2 aromatic carbocycles. The second-order valence-electron chi connectivity index (χ2n) is 5.90. The summed E-state index contributed by atoms with van der Waals surface area (Å²) in [4.78, 5) is 12.2. The first kappa shape index (κ1) is 17.2. The summed E-state index contributed by atoms with van der Waals surface area (Å²) in [5.41, 5.74) is 5.95. The van der Waals surface area contributed by atoms with Crippen molar-refractivity contribution in [1.82, 2.24) is 5.43 Å². The van der Waals surface area contributed by atoms with Gasteiger partial charge in [-0.05, 0) is 24.6 Å². The molecule has 0 bridgehead atoms. The van der Waals surface area contributed by atoms with Crippen LogP contribution in [0.1, 0.15) is 18.1 Å². The highest BCUT2D eigenvalue weighted by Crippen LogP contribution is 2.15. The number of amidine groups is 1. The first-order valence-electron chi connectivity index (χ1n) is 8.37. The number of nitrogens with one attached hydrogen (secondary N) is 1. The van der Waals surface area contributed by atoms with Gasteiger partial charge in [-0.15, -0.1) is 5.10 Å². The van der Waals surface area contributed by atoms with E-state index in [0.29, 0.717) is 27.8 Å². The smallest absolute Gasteiger partial charge is 0.345 e. The number of thioether (sulfide) groups is 1. The molecule has 0 saturated heterocycles. The minimum absolute atomic E-state index is 0.396. The van der Waals surface area contributed by atoms with Gasteiger partial charge in [-0.1, -0.05) is 60.3 Å². The zero-order valence-electron chi connectivity index (χ0n) is 14.5. The fourth-order valence-electron chi connectivity index (χ4n) is 2.63. The number of benzene rings is 2. The van der Waals surface area contributed by atoms with Gasteiger partial charge in [-0.3, -0.25) is 5.43 Å². The van der Waals surface area contributed by atoms with E-state index in [2.05, 4.69) is 20.7 Å². The van der Waals surface area contributed by atoms with Crippen molar-refractivity contribution in [2.45, 2.75) is 6.92 Å². The van der Waals surface area contributed by atoms with Crippen molar-refractivity contribution >= 4 is 39.3 Å². The van der Waals surface area contributed by atoms with Crippen LogP contribution in [0.25, 0.3) is 11.0 Å². The predicted molar refractivity (Wildman–Crippen MR) is 111 cm³/mol. The van der Waals surface area contributed by atoms with E-state index in [-0.39, 0.29) is 0 Å². The van der Waals surface area contributed by atoms with Crippen molar-refractivity contribution < 1.29 is 4.42 Å². The molecule has 0 spiro atoms. The van der Waals surface area contributed by atoms with Crippen molar-refractivity contribution in [3.05, 3.63) is 82.2 Å². The number of fused-ring (bicyclic) bond motifs is 1. The maximum absolute atomic E-state index is 12.2. The normalized spacial score (nSPS) is 16.3. The highest BCUT2D eigenvalue weighted by molar-refractivity contribution is 8.14. The maximum atomic E-state index is 12.2. The van der Waals surface area contributed by atoms with E-state index >= 15 is 0 Å². The molecule has 0 aliphatic carbocycles. The molecule has 7 heteroatoms. The Bertz CT molecular complexity index is 1130. The summed E-state index contributed by atoms with van der Waals surface area (Å²) >= 11 is 1.51. The molecule has 0 unspecified atom stereocenters. The van der Waals surface area contributed by atoms with Gasteiger partial charge in [-0.25, -0.2) is 4.79 Å². The summed E-state index contributed by atoms with van der Waals surface area (Å²) in [5, 5.41) is 14.1. The number of hydrazone groups is 1. The molecule has 1 aromatic heterocycles. The molecule has 1 N–H and O–H groups in total. The Morgan fingerprint density at radius 3 is 2.70 bits per heavy atom. The van der Waals surface area contributed by atoms with Crippen LogP contribution >= 0.6 is 11.8 Å². The average Bonchev–Trinajstić information content (AvgIpc) is 2.72. The molecule has 0 atom stereocenters. The molecule has 134 valence electrons. The highest BCUT2D eigenvalue weighted by atomic mass is 32.2. The number of hydrogen-bond acceptors (Lipinski definition) is 6. The number of hydrogen-bond donors (Lipinski definition) is 1. The Hall–Kier alpha value is -3.19. The molecule has 0 fully saturated rings. The number of nitrogens with zero attached hydrogens (tertiary/aromatic N) is 3. The van der Waals surface area contributed by atoms with Gasteiger partial charge in [0.1, 0.15) is 5.58 Å². The molecule has 6 nitrogen and oxygen atoms in total. The Morgan fingerprint density at radius 2 is 1.93 bits per heavy atom. The molecular formula is C20H16N4O2S. The van der Waals surface area contributed by atoms with E-state index in [0.717, 1.165) is 16.7 Å². The Morgan fingerprint density at radius 1 is 1.15 bits per heavy atom. The zero-order valence-corrected chi connectivity index (χ0v) is 15.4. The van der Waals surface area contributed by atoms with Gasteiger partial charge in [0, 0.05) is 11.1 Å². The van der Waals surface area contributed by atoms with Gasteiger partial charge in [0.2, 0.25) is 5.17 Å². The SMILES string of the molecule is C/C(=N\N=C1\NN=C(c2ccccc2)CS1)c1cc2ccccc2oc1=O. The van der Waals surface area contributed by atoms with Gasteiger partial charge in [0.05, 0.1) is 17.0 Å². The fourth-order valence-corrected chi connectivity index (χ4v) is 3.35. The lowest BCUT2D eigenvalue weighted by molar-refractivity contribution is 0.559. The van der Waals surface area contributed by atoms with Gasteiger partial charge >= 0.3 is 5.63 Å². The van der Waals surface area contributed by atoms with Gasteiger partial charge in [0.15, 0.2) is 0 Å². The van der Waals surface area contributed by atoms with Crippen molar-refractivity contribution in [3.8, 4) is 0 Å². The van der Waals surface area contributed by atoms with Gasteiger partial charge in [-0.2, -0.15) is 10.2 Å². The van der Waals surface area contributed by atoms with Crippen molar-refractivity contribution in [3.63, 3.8) is 0 Å². The van der Waals surface area contributed by atoms with Crippen molar-refractivity contribution in [1.29, 1.82) is 0 Å². The maximum Gasteiger partial charge on any atom is 0.345 e. The van der Waals surface area contributed by atoms with E-state index in [1.165, 1.54) is 11.8 Å². The summed E-state index contributed by atoms with van der Waals surface area (Å²) in [6.45, 7) is 1.73. The van der Waals surface area contributed by atoms with Crippen molar-refractivity contribution in [2.24, 2.45) is 15.3 Å². The topological polar surface area (TPSA) is 79.3 Å². The van der Waals surface area contributed by atoms with Gasteiger partial charge in [0.25, 0.3) is 0 Å². The molecule has 4 rings (SSSR count). The van der Waals surface area contributed by atoms with Crippen LogP contribution in [0.4, 0.5) is 0 Å². The van der Waals surface area contributed by atoms with Crippen molar-refractivity contribution in [2.75, 3.05) is 5.75 Å². The fraction of sp³-hybridized carbons (Fsp3) is 0.100. The third-order valence-corrected chi connectivity index (χ3v) is 4.93. The molecule has 3 aromatic rings. The Balaban J connectivity index is 1.55. The summed E-state index contributed by atoms with van der Waals surface area (Å²) in [5.74, 6) is 0.697. The molecule has 1 aliphatic rings. The lowest BCUT2D eigenvalue weighted by atomic mass is 10.1. The quantitative estimate of drug-likeness (QED) is 0.430. The molecule has 0 radical (unpaired) electrons. The summed E-state index contributed by atoms with van der Waals surface area (Å²) in [7, 11) is 0. The molecule has 0 amide bonds. The average molecular weight is 376 g/mol. The van der Waals surface area contributed by atoms with Crippen LogP contribution in [0.15, 0.2) is 85.2 Å². The zero-order chi connectivity index (χ0) is 18.6. The van der Waals surface area contributed by atoms with Crippen LogP contribution in [0.3, 0.4) is 0 Å². The number of rotatable bonds is 3. The van der Waals surface area contributed by atoms with E-state index in [9.17, 15) is 4.79 Å². The third kappa shape index (κ3) is 3.83. The van der Waals surface area contributed by atoms with E-state index in [1.54, 1.807) is 19.1 Å². The molecule has 1 aliphatic heterocycles. The number of para-hydroxylation sites is 1. The van der Waals surface area contributed by atoms with Crippen LogP contribution < -0.4 is 11.1 Å². The summed E-state index contributed by atoms with van der Waals surface area (Å²) in [6.07, 6.45) is 0. The van der Waals surface area contributed by atoms with Crippen LogP contribution in [0.2, 0.25) is 0 Å². The second kappa shape index (κ2) is 7.59. The van der Waals surface area contributed by atoms with Crippen LogP contribution in [-0.4, -0.2) is 22.3 Å². The minimum Gasteiger partial charge on any atom is -0.422 e. The Labute approximate surface area is 159 Å². The van der Waals surface area contributed by atoms with E-state index in [4.69, 9.17) is 4.42 Å². The standard InChI is InChI=1S/C20H16N4O2S/c1-13(16-11-15-9-5-6-10-18(15)26-19(16)25)21-23-20-24-22-17(12-27-20)14-7-3-2-4-8-14/h2-11H,12H2,1H3,(H,23,24)/b21-13+. The largest absolute Gasteiger partial charge is 0.422 e. The monoisotopic (exact) mass is 376 g/mol. The first-order valence-corrected chi connectivity index (χ1v) is 9.35. The minimum atomic E-state index is -0.427. The lowest BCUT2D eigenvalue weighted by Gasteiger charge is -2.13. The molecular weight excluding hydrogens is 360 g/mol. The molecule has 27 heavy (non-hydrogen) atoms. The Kier molecular flexibility index (Phi) is 4.84.